The molecule has 0 amide bonds. The van der Waals surface area contributed by atoms with Crippen molar-refractivity contribution in [1.82, 2.24) is 9.62 Å². The Balaban J connectivity index is 2.50. The van der Waals surface area contributed by atoms with Crippen LogP contribution in [0.25, 0.3) is 0 Å². The summed E-state index contributed by atoms with van der Waals surface area (Å²) in [5.41, 5.74) is 0.0231. The molecule has 1 N–H and O–H groups in total. The van der Waals surface area contributed by atoms with Gasteiger partial charge in [-0.15, -0.1) is 0 Å². The lowest BCUT2D eigenvalue weighted by atomic mass is 10.1. The summed E-state index contributed by atoms with van der Waals surface area (Å²) in [5.74, 6) is 0.159. The van der Waals surface area contributed by atoms with E-state index >= 15 is 0 Å². The van der Waals surface area contributed by atoms with Crippen molar-refractivity contribution in [2.24, 2.45) is 0 Å². The van der Waals surface area contributed by atoms with E-state index in [1.807, 2.05) is 0 Å². The van der Waals surface area contributed by atoms with Crippen LogP contribution in [-0.2, 0) is 14.8 Å². The van der Waals surface area contributed by atoms with E-state index in [0.29, 0.717) is 26.2 Å². The summed E-state index contributed by atoms with van der Waals surface area (Å²) in [6.45, 7) is 10.0. The van der Waals surface area contributed by atoms with Crippen LogP contribution in [-0.4, -0.2) is 56.4 Å². The third-order valence-corrected chi connectivity index (χ3v) is 4.57. The van der Waals surface area contributed by atoms with E-state index in [1.165, 1.54) is 4.31 Å². The molecule has 0 saturated carbocycles. The third-order valence-electron chi connectivity index (χ3n) is 2.72. The number of hydrogen-bond acceptors (Lipinski definition) is 4. The van der Waals surface area contributed by atoms with Crippen LogP contribution in [0.3, 0.4) is 0 Å². The zero-order valence-corrected chi connectivity index (χ0v) is 12.0. The van der Waals surface area contributed by atoms with Crippen molar-refractivity contribution in [2.45, 2.75) is 39.3 Å². The molecular weight excluding hydrogens is 240 g/mol. The molecule has 5 nitrogen and oxygen atoms in total. The lowest BCUT2D eigenvalue weighted by Gasteiger charge is -2.33. The Kier molecular flexibility index (Phi) is 4.95. The van der Waals surface area contributed by atoms with Gasteiger partial charge in [-0.2, -0.15) is 4.31 Å². The maximum Gasteiger partial charge on any atom is 0.213 e. The van der Waals surface area contributed by atoms with Gasteiger partial charge in [-0.1, -0.05) is 0 Å². The topological polar surface area (TPSA) is 58.6 Å². The van der Waals surface area contributed by atoms with E-state index in [4.69, 9.17) is 4.74 Å². The van der Waals surface area contributed by atoms with Gasteiger partial charge in [0.15, 0.2) is 0 Å². The van der Waals surface area contributed by atoms with Gasteiger partial charge >= 0.3 is 0 Å². The first kappa shape index (κ1) is 14.9. The molecule has 1 rings (SSSR count). The highest BCUT2D eigenvalue weighted by molar-refractivity contribution is 7.89. The van der Waals surface area contributed by atoms with Gasteiger partial charge in [-0.3, -0.25) is 0 Å². The molecule has 0 aromatic heterocycles. The highest BCUT2D eigenvalue weighted by atomic mass is 32.2. The molecule has 17 heavy (non-hydrogen) atoms. The molecule has 0 spiro atoms. The fourth-order valence-corrected chi connectivity index (χ4v) is 2.78. The zero-order valence-electron chi connectivity index (χ0n) is 11.2. The van der Waals surface area contributed by atoms with Gasteiger partial charge in [0, 0.05) is 25.2 Å². The molecule has 0 aliphatic carbocycles. The van der Waals surface area contributed by atoms with Crippen molar-refractivity contribution in [3.8, 4) is 0 Å². The van der Waals surface area contributed by atoms with Gasteiger partial charge in [0.2, 0.25) is 10.0 Å². The summed E-state index contributed by atoms with van der Waals surface area (Å²) in [6.07, 6.45) is -0.0516. The molecule has 0 aromatic rings. The molecule has 1 aliphatic rings. The largest absolute Gasteiger partial charge is 0.374 e. The molecule has 1 aliphatic heterocycles. The van der Waals surface area contributed by atoms with Crippen molar-refractivity contribution in [1.29, 1.82) is 0 Å². The van der Waals surface area contributed by atoms with Crippen LogP contribution in [0.2, 0.25) is 0 Å². The van der Waals surface area contributed by atoms with E-state index in [2.05, 4.69) is 26.1 Å². The molecular formula is C11H24N2O3S. The average molecular weight is 264 g/mol. The summed E-state index contributed by atoms with van der Waals surface area (Å²) < 4.78 is 30.6. The Morgan fingerprint density at radius 2 is 2.06 bits per heavy atom. The van der Waals surface area contributed by atoms with Crippen LogP contribution >= 0.6 is 0 Å². The van der Waals surface area contributed by atoms with Crippen LogP contribution in [0.15, 0.2) is 0 Å². The zero-order chi connectivity index (χ0) is 13.1. The second-order valence-corrected chi connectivity index (χ2v) is 7.64. The van der Waals surface area contributed by atoms with Gasteiger partial charge in [-0.25, -0.2) is 8.42 Å². The molecule has 0 bridgehead atoms. The van der Waals surface area contributed by atoms with Gasteiger partial charge in [-0.05, 0) is 27.7 Å². The monoisotopic (exact) mass is 264 g/mol. The molecule has 1 saturated heterocycles. The normalized spacial score (nSPS) is 23.9. The van der Waals surface area contributed by atoms with Crippen molar-refractivity contribution < 1.29 is 13.2 Å². The fourth-order valence-electron chi connectivity index (χ4n) is 1.67. The van der Waals surface area contributed by atoms with Crippen LogP contribution in [0, 0.1) is 0 Å². The van der Waals surface area contributed by atoms with Crippen LogP contribution in [0.5, 0.6) is 0 Å². The summed E-state index contributed by atoms with van der Waals surface area (Å²) >= 11 is 0. The minimum atomic E-state index is -3.08. The molecule has 0 unspecified atom stereocenters. The van der Waals surface area contributed by atoms with Gasteiger partial charge in [0.25, 0.3) is 0 Å². The summed E-state index contributed by atoms with van der Waals surface area (Å²) in [6, 6.07) is 0. The predicted molar refractivity (Wildman–Crippen MR) is 68.5 cm³/mol. The van der Waals surface area contributed by atoms with Crippen LogP contribution in [0.1, 0.15) is 27.7 Å². The second kappa shape index (κ2) is 5.65. The first-order valence-corrected chi connectivity index (χ1v) is 7.70. The van der Waals surface area contributed by atoms with E-state index in [9.17, 15) is 8.42 Å². The molecule has 6 heteroatoms. The summed E-state index contributed by atoms with van der Waals surface area (Å²) in [5, 5.41) is 3.34. The standard InChI is InChI=1S/C11H24N2O3S/c1-5-17(14,15)13-6-7-16-10(9-13)8-12-11(2,3)4/h10,12H,5-9H2,1-4H3/t10-/m1/s1. The minimum absolute atomic E-state index is 0.0231. The van der Waals surface area contributed by atoms with Crippen molar-refractivity contribution in [3.63, 3.8) is 0 Å². The second-order valence-electron chi connectivity index (χ2n) is 5.38. The van der Waals surface area contributed by atoms with Crippen molar-refractivity contribution >= 4 is 10.0 Å². The first-order chi connectivity index (χ1) is 7.74. The minimum Gasteiger partial charge on any atom is -0.374 e. The van der Waals surface area contributed by atoms with Gasteiger partial charge < -0.3 is 10.1 Å². The Morgan fingerprint density at radius 3 is 2.59 bits per heavy atom. The smallest absolute Gasteiger partial charge is 0.213 e. The molecule has 1 heterocycles. The number of hydrogen-bond donors (Lipinski definition) is 1. The fraction of sp³-hybridized carbons (Fsp3) is 1.00. The predicted octanol–water partition coefficient (Wildman–Crippen LogP) is 0.425. The number of nitrogens with zero attached hydrogens (tertiary/aromatic N) is 1. The average Bonchev–Trinajstić information content (AvgIpc) is 2.26. The molecule has 1 fully saturated rings. The Labute approximate surface area is 105 Å². The summed E-state index contributed by atoms with van der Waals surface area (Å²) in [7, 11) is -3.08. The lowest BCUT2D eigenvalue weighted by molar-refractivity contribution is -0.00296. The Hall–Kier alpha value is -0.170. The number of morpholine rings is 1. The van der Waals surface area contributed by atoms with Crippen molar-refractivity contribution in [3.05, 3.63) is 0 Å². The highest BCUT2D eigenvalue weighted by Crippen LogP contribution is 2.11. The molecule has 0 radical (unpaired) electrons. The number of sulfonamides is 1. The Morgan fingerprint density at radius 1 is 1.41 bits per heavy atom. The number of nitrogens with one attached hydrogen (secondary N) is 1. The van der Waals surface area contributed by atoms with Crippen LogP contribution in [0.4, 0.5) is 0 Å². The third kappa shape index (κ3) is 4.91. The SMILES string of the molecule is CCS(=O)(=O)N1CCO[C@H](CNC(C)(C)C)C1. The highest BCUT2D eigenvalue weighted by Gasteiger charge is 2.28. The van der Waals surface area contributed by atoms with E-state index in [0.717, 1.165) is 0 Å². The van der Waals surface area contributed by atoms with E-state index < -0.39 is 10.0 Å². The van der Waals surface area contributed by atoms with Crippen LogP contribution < -0.4 is 5.32 Å². The maximum absolute atomic E-state index is 11.8. The van der Waals surface area contributed by atoms with E-state index in [1.54, 1.807) is 6.92 Å². The molecule has 102 valence electrons. The summed E-state index contributed by atoms with van der Waals surface area (Å²) in [4.78, 5) is 0. The van der Waals surface area contributed by atoms with E-state index in [-0.39, 0.29) is 17.4 Å². The van der Waals surface area contributed by atoms with Gasteiger partial charge in [0.1, 0.15) is 0 Å². The van der Waals surface area contributed by atoms with Crippen molar-refractivity contribution in [2.75, 3.05) is 32.0 Å². The first-order valence-electron chi connectivity index (χ1n) is 6.09. The number of ether oxygens (including phenoxy) is 1. The lowest BCUT2D eigenvalue weighted by Crippen LogP contribution is -2.51. The molecule has 1 atom stereocenters. The quantitative estimate of drug-likeness (QED) is 0.800. The molecule has 0 aromatic carbocycles. The maximum atomic E-state index is 11.8. The van der Waals surface area contributed by atoms with Gasteiger partial charge in [0.05, 0.1) is 18.5 Å². The number of rotatable bonds is 4. The Bertz CT molecular complexity index is 335.